The molecule has 1 saturated heterocycles. The lowest BCUT2D eigenvalue weighted by Crippen LogP contribution is -2.36. The molecule has 1 aromatic heterocycles. The zero-order chi connectivity index (χ0) is 20.0. The van der Waals surface area contributed by atoms with Crippen molar-refractivity contribution in [3.8, 4) is 0 Å². The minimum Gasteiger partial charge on any atom is -0.357 e. The van der Waals surface area contributed by atoms with E-state index < -0.39 is 11.7 Å². The Balaban J connectivity index is 0.00000300. The van der Waals surface area contributed by atoms with Crippen LogP contribution >= 0.6 is 24.0 Å². The van der Waals surface area contributed by atoms with Crippen LogP contribution in [0.15, 0.2) is 47.6 Å². The molecular formula is C20H25F3IN5. The number of pyridine rings is 1. The molecule has 5 nitrogen and oxygen atoms in total. The van der Waals surface area contributed by atoms with Crippen LogP contribution < -0.4 is 15.5 Å². The molecule has 0 saturated carbocycles. The quantitative estimate of drug-likeness (QED) is 0.354. The largest absolute Gasteiger partial charge is 0.416 e. The average Bonchev–Trinajstić information content (AvgIpc) is 3.23. The highest BCUT2D eigenvalue weighted by molar-refractivity contribution is 14.0. The maximum atomic E-state index is 12.8. The van der Waals surface area contributed by atoms with E-state index in [0.29, 0.717) is 18.1 Å². The molecule has 2 heterocycles. The highest BCUT2D eigenvalue weighted by Crippen LogP contribution is 2.29. The highest BCUT2D eigenvalue weighted by Gasteiger charge is 2.30. The topological polar surface area (TPSA) is 52.6 Å². The lowest BCUT2D eigenvalue weighted by atomic mass is 10.1. The highest BCUT2D eigenvalue weighted by atomic mass is 127. The first kappa shape index (κ1) is 23.2. The van der Waals surface area contributed by atoms with Gasteiger partial charge in [-0.1, -0.05) is 18.2 Å². The monoisotopic (exact) mass is 519 g/mol. The number of nitrogens with one attached hydrogen (secondary N) is 2. The minimum atomic E-state index is -4.34. The number of halogens is 4. The fourth-order valence-corrected chi connectivity index (χ4v) is 3.10. The molecule has 3 rings (SSSR count). The van der Waals surface area contributed by atoms with Crippen molar-refractivity contribution in [3.63, 3.8) is 0 Å². The van der Waals surface area contributed by atoms with Crippen molar-refractivity contribution in [1.29, 1.82) is 0 Å². The van der Waals surface area contributed by atoms with E-state index in [1.807, 2.05) is 18.3 Å². The van der Waals surface area contributed by atoms with Gasteiger partial charge in [0, 0.05) is 39.4 Å². The predicted octanol–water partition coefficient (Wildman–Crippen LogP) is 4.18. The Bertz CT molecular complexity index is 803. The van der Waals surface area contributed by atoms with E-state index in [1.165, 1.54) is 18.9 Å². The van der Waals surface area contributed by atoms with Gasteiger partial charge in [-0.2, -0.15) is 13.2 Å². The number of rotatable bonds is 5. The first-order valence-corrected chi connectivity index (χ1v) is 9.26. The van der Waals surface area contributed by atoms with Gasteiger partial charge in [-0.25, -0.2) is 4.98 Å². The van der Waals surface area contributed by atoms with E-state index in [9.17, 15) is 13.2 Å². The third-order valence-electron chi connectivity index (χ3n) is 4.64. The van der Waals surface area contributed by atoms with Crippen molar-refractivity contribution in [2.24, 2.45) is 4.99 Å². The number of benzene rings is 1. The van der Waals surface area contributed by atoms with Crippen molar-refractivity contribution in [2.75, 3.05) is 25.0 Å². The van der Waals surface area contributed by atoms with Crippen LogP contribution in [0.25, 0.3) is 0 Å². The van der Waals surface area contributed by atoms with Crippen LogP contribution in [0.4, 0.5) is 19.0 Å². The fourth-order valence-electron chi connectivity index (χ4n) is 3.10. The maximum Gasteiger partial charge on any atom is 0.416 e. The molecule has 9 heteroatoms. The molecule has 2 N–H and O–H groups in total. The number of aliphatic imine (C=N–C) groups is 1. The number of aromatic nitrogens is 1. The van der Waals surface area contributed by atoms with Gasteiger partial charge in [0.25, 0.3) is 0 Å². The number of hydrogen-bond acceptors (Lipinski definition) is 3. The summed E-state index contributed by atoms with van der Waals surface area (Å²) in [6, 6.07) is 9.30. The molecule has 0 amide bonds. The van der Waals surface area contributed by atoms with Crippen LogP contribution in [0.5, 0.6) is 0 Å². The molecule has 0 atom stereocenters. The SMILES string of the molecule is CN=C(NCc1ccc(N2CCCC2)nc1)NCc1cccc(C(F)(F)F)c1.I. The first-order chi connectivity index (χ1) is 13.5. The van der Waals surface area contributed by atoms with Gasteiger partial charge in [-0.3, -0.25) is 4.99 Å². The molecule has 2 aromatic rings. The van der Waals surface area contributed by atoms with Gasteiger partial charge >= 0.3 is 6.18 Å². The Hall–Kier alpha value is -2.04. The Morgan fingerprint density at radius 3 is 2.34 bits per heavy atom. The summed E-state index contributed by atoms with van der Waals surface area (Å²) in [6.45, 7) is 2.87. The molecule has 0 bridgehead atoms. The van der Waals surface area contributed by atoms with Crippen molar-refractivity contribution in [3.05, 3.63) is 59.3 Å². The van der Waals surface area contributed by atoms with Crippen molar-refractivity contribution >= 4 is 35.8 Å². The smallest absolute Gasteiger partial charge is 0.357 e. The van der Waals surface area contributed by atoms with Gasteiger partial charge in [0.05, 0.1) is 5.56 Å². The molecule has 1 aromatic carbocycles. The molecule has 0 radical (unpaired) electrons. The molecule has 1 aliphatic rings. The summed E-state index contributed by atoms with van der Waals surface area (Å²) in [5, 5.41) is 6.19. The van der Waals surface area contributed by atoms with E-state index in [-0.39, 0.29) is 30.5 Å². The van der Waals surface area contributed by atoms with E-state index in [1.54, 1.807) is 13.1 Å². The Morgan fingerprint density at radius 1 is 1.07 bits per heavy atom. The van der Waals surface area contributed by atoms with E-state index in [0.717, 1.165) is 36.6 Å². The van der Waals surface area contributed by atoms with Crippen molar-refractivity contribution < 1.29 is 13.2 Å². The molecule has 0 unspecified atom stereocenters. The van der Waals surface area contributed by atoms with Crippen LogP contribution in [-0.4, -0.2) is 31.1 Å². The molecule has 158 valence electrons. The van der Waals surface area contributed by atoms with Crippen molar-refractivity contribution in [2.45, 2.75) is 32.1 Å². The second-order valence-corrected chi connectivity index (χ2v) is 6.70. The van der Waals surface area contributed by atoms with E-state index >= 15 is 0 Å². The van der Waals surface area contributed by atoms with Crippen LogP contribution in [0.1, 0.15) is 29.5 Å². The Kier molecular flexibility index (Phi) is 8.54. The number of hydrogen-bond donors (Lipinski definition) is 2. The van der Waals surface area contributed by atoms with E-state index in [4.69, 9.17) is 0 Å². The lowest BCUT2D eigenvalue weighted by Gasteiger charge is -2.17. The minimum absolute atomic E-state index is 0. The molecule has 29 heavy (non-hydrogen) atoms. The Labute approximate surface area is 185 Å². The maximum absolute atomic E-state index is 12.8. The van der Waals surface area contributed by atoms with Gasteiger partial charge in [0.2, 0.25) is 0 Å². The second kappa shape index (κ2) is 10.7. The zero-order valence-corrected chi connectivity index (χ0v) is 18.5. The molecule has 1 fully saturated rings. The normalized spacial score (nSPS) is 14.5. The third kappa shape index (κ3) is 6.76. The zero-order valence-electron chi connectivity index (χ0n) is 16.2. The van der Waals surface area contributed by atoms with Crippen molar-refractivity contribution in [1.82, 2.24) is 15.6 Å². The van der Waals surface area contributed by atoms with Crippen LogP contribution in [0.2, 0.25) is 0 Å². The average molecular weight is 519 g/mol. The Morgan fingerprint density at radius 2 is 1.76 bits per heavy atom. The molecule has 0 spiro atoms. The van der Waals surface area contributed by atoms with E-state index in [2.05, 4.69) is 25.5 Å². The molecule has 1 aliphatic heterocycles. The van der Waals surface area contributed by atoms with Crippen LogP contribution in [0.3, 0.4) is 0 Å². The van der Waals surface area contributed by atoms with Gasteiger partial charge in [0.15, 0.2) is 5.96 Å². The molecule has 0 aliphatic carbocycles. The third-order valence-corrected chi connectivity index (χ3v) is 4.64. The van der Waals surface area contributed by atoms with Crippen LogP contribution in [0, 0.1) is 0 Å². The summed E-state index contributed by atoms with van der Waals surface area (Å²) >= 11 is 0. The summed E-state index contributed by atoms with van der Waals surface area (Å²) in [6.07, 6.45) is -0.0946. The molecular weight excluding hydrogens is 494 g/mol. The second-order valence-electron chi connectivity index (χ2n) is 6.70. The fraction of sp³-hybridized carbons (Fsp3) is 0.400. The number of nitrogens with zero attached hydrogens (tertiary/aromatic N) is 3. The summed E-state index contributed by atoms with van der Waals surface area (Å²) in [4.78, 5) is 10.9. The summed E-state index contributed by atoms with van der Waals surface area (Å²) in [7, 11) is 1.62. The predicted molar refractivity (Wildman–Crippen MR) is 120 cm³/mol. The summed E-state index contributed by atoms with van der Waals surface area (Å²) in [5.41, 5.74) is 0.887. The number of anilines is 1. The summed E-state index contributed by atoms with van der Waals surface area (Å²) < 4.78 is 38.4. The summed E-state index contributed by atoms with van der Waals surface area (Å²) in [5.74, 6) is 1.51. The van der Waals surface area contributed by atoms with Gasteiger partial charge in [0.1, 0.15) is 5.82 Å². The van der Waals surface area contributed by atoms with Crippen LogP contribution in [-0.2, 0) is 19.3 Å². The standard InChI is InChI=1S/C20H24F3N5.HI/c1-24-19(26-12-15-5-4-6-17(11-15)20(21,22)23)27-14-16-7-8-18(25-13-16)28-9-2-3-10-28;/h4-8,11,13H,2-3,9-10,12,14H2,1H3,(H2,24,26,27);1H. The number of alkyl halides is 3. The van der Waals surface area contributed by atoms with Gasteiger partial charge in [-0.05, 0) is 42.2 Å². The van der Waals surface area contributed by atoms with Gasteiger partial charge in [-0.15, -0.1) is 24.0 Å². The van der Waals surface area contributed by atoms with Gasteiger partial charge < -0.3 is 15.5 Å². The number of guanidine groups is 1. The lowest BCUT2D eigenvalue weighted by molar-refractivity contribution is -0.137. The first-order valence-electron chi connectivity index (χ1n) is 9.26.